The first-order valence-electron chi connectivity index (χ1n) is 10.2. The fourth-order valence-corrected chi connectivity index (χ4v) is 5.41. The molecule has 1 N–H and O–H groups in total. The number of hydrogen-bond donors (Lipinski definition) is 1. The van der Waals surface area contributed by atoms with Crippen LogP contribution in [0, 0.1) is 5.92 Å². The summed E-state index contributed by atoms with van der Waals surface area (Å²) in [5.74, 6) is 1.04. The predicted molar refractivity (Wildman–Crippen MR) is 113 cm³/mol. The van der Waals surface area contributed by atoms with Crippen LogP contribution in [0.15, 0.2) is 54.7 Å². The molecule has 4 nitrogen and oxygen atoms in total. The van der Waals surface area contributed by atoms with E-state index in [2.05, 4.69) is 53.3 Å². The fourth-order valence-electron chi connectivity index (χ4n) is 5.41. The third-order valence-electron chi connectivity index (χ3n) is 6.71. The minimum absolute atomic E-state index is 0.0291. The van der Waals surface area contributed by atoms with Crippen molar-refractivity contribution in [3.05, 3.63) is 71.4 Å². The van der Waals surface area contributed by atoms with Crippen LogP contribution in [0.5, 0.6) is 0 Å². The summed E-state index contributed by atoms with van der Waals surface area (Å²) >= 11 is 0. The van der Waals surface area contributed by atoms with Crippen molar-refractivity contribution in [3.63, 3.8) is 0 Å². The Morgan fingerprint density at radius 3 is 2.75 bits per heavy atom. The van der Waals surface area contributed by atoms with Gasteiger partial charge in [-0.15, -0.1) is 0 Å². The lowest BCUT2D eigenvalue weighted by Gasteiger charge is -2.45. The first-order valence-corrected chi connectivity index (χ1v) is 10.2. The van der Waals surface area contributed by atoms with E-state index in [-0.39, 0.29) is 5.91 Å². The standard InChI is InChI=1S/C24H27N3O/c1-26-14-16(13-25-24(28)17-7-4-3-5-8-17)11-20-19-9-6-10-21-23(19)18(12-22(20)26)15-27(21)2/h3-10,15-16,20,22H,11-14H2,1-2H3,(H,25,28)/t16-,20+,22+/m0/s1. The van der Waals surface area contributed by atoms with Crippen molar-refractivity contribution in [1.82, 2.24) is 14.8 Å². The summed E-state index contributed by atoms with van der Waals surface area (Å²) < 4.78 is 2.27. The van der Waals surface area contributed by atoms with Gasteiger partial charge in [-0.2, -0.15) is 0 Å². The van der Waals surface area contributed by atoms with Gasteiger partial charge >= 0.3 is 0 Å². The lowest BCUT2D eigenvalue weighted by molar-refractivity contribution is 0.0891. The summed E-state index contributed by atoms with van der Waals surface area (Å²) in [6, 6.07) is 16.8. The van der Waals surface area contributed by atoms with Gasteiger partial charge in [0.1, 0.15) is 0 Å². The number of nitrogens with one attached hydrogen (secondary N) is 1. The normalized spacial score (nSPS) is 24.1. The number of nitrogens with zero attached hydrogens (tertiary/aromatic N) is 2. The lowest BCUT2D eigenvalue weighted by atomic mass is 9.72. The summed E-state index contributed by atoms with van der Waals surface area (Å²) in [5, 5.41) is 4.63. The van der Waals surface area contributed by atoms with Crippen LogP contribution in [0.1, 0.15) is 33.8 Å². The summed E-state index contributed by atoms with van der Waals surface area (Å²) in [5.41, 5.74) is 5.06. The number of benzene rings is 2. The molecule has 1 aliphatic carbocycles. The second-order valence-corrected chi connectivity index (χ2v) is 8.50. The van der Waals surface area contributed by atoms with E-state index in [9.17, 15) is 4.79 Å². The molecule has 0 bridgehead atoms. The smallest absolute Gasteiger partial charge is 0.251 e. The fraction of sp³-hybridized carbons (Fsp3) is 0.375. The van der Waals surface area contributed by atoms with Crippen molar-refractivity contribution in [2.75, 3.05) is 20.1 Å². The average molecular weight is 374 g/mol. The van der Waals surface area contributed by atoms with Crippen molar-refractivity contribution in [1.29, 1.82) is 0 Å². The maximum absolute atomic E-state index is 12.4. The number of amides is 1. The number of piperidine rings is 1. The number of fused-ring (bicyclic) bond motifs is 2. The van der Waals surface area contributed by atoms with Gasteiger partial charge in [0, 0.05) is 54.8 Å². The Labute approximate surface area is 166 Å². The molecule has 0 spiro atoms. The number of aryl methyl sites for hydroxylation is 1. The molecule has 2 aromatic carbocycles. The maximum atomic E-state index is 12.4. The largest absolute Gasteiger partial charge is 0.352 e. The Hall–Kier alpha value is -2.59. The topological polar surface area (TPSA) is 37.3 Å². The van der Waals surface area contributed by atoms with Crippen LogP contribution in [0.4, 0.5) is 0 Å². The third-order valence-corrected chi connectivity index (χ3v) is 6.71. The van der Waals surface area contributed by atoms with Crippen LogP contribution in [0.3, 0.4) is 0 Å². The van der Waals surface area contributed by atoms with Crippen molar-refractivity contribution < 1.29 is 4.79 Å². The van der Waals surface area contributed by atoms with Crippen molar-refractivity contribution in [2.24, 2.45) is 13.0 Å². The van der Waals surface area contributed by atoms with E-state index in [1.54, 1.807) is 0 Å². The van der Waals surface area contributed by atoms with E-state index >= 15 is 0 Å². The molecule has 144 valence electrons. The second-order valence-electron chi connectivity index (χ2n) is 8.50. The Balaban J connectivity index is 1.37. The Kier molecular flexibility index (Phi) is 4.24. The molecule has 0 unspecified atom stereocenters. The molecule has 1 saturated heterocycles. The van der Waals surface area contributed by atoms with Gasteiger partial charge in [-0.25, -0.2) is 0 Å². The molecule has 5 rings (SSSR count). The van der Waals surface area contributed by atoms with Crippen LogP contribution in [0.25, 0.3) is 10.9 Å². The molecule has 0 saturated carbocycles. The molecule has 4 heteroatoms. The van der Waals surface area contributed by atoms with Gasteiger partial charge in [0.25, 0.3) is 5.91 Å². The van der Waals surface area contributed by atoms with Gasteiger partial charge in [-0.1, -0.05) is 30.3 Å². The molecule has 2 aliphatic rings. The van der Waals surface area contributed by atoms with E-state index in [1.807, 2.05) is 30.3 Å². The number of carbonyl (C=O) groups is 1. The molecule has 1 aliphatic heterocycles. The molecule has 1 aromatic heterocycles. The summed E-state index contributed by atoms with van der Waals surface area (Å²) in [6.45, 7) is 1.77. The van der Waals surface area contributed by atoms with Gasteiger partial charge in [0.2, 0.25) is 0 Å². The Morgan fingerprint density at radius 2 is 1.93 bits per heavy atom. The molecule has 3 atom stereocenters. The van der Waals surface area contributed by atoms with E-state index in [0.29, 0.717) is 17.9 Å². The average Bonchev–Trinajstić information content (AvgIpc) is 3.04. The van der Waals surface area contributed by atoms with Gasteiger partial charge in [0.05, 0.1) is 0 Å². The molecule has 0 radical (unpaired) electrons. The van der Waals surface area contributed by atoms with Gasteiger partial charge in [0.15, 0.2) is 0 Å². The predicted octanol–water partition coefficient (Wildman–Crippen LogP) is 3.57. The van der Waals surface area contributed by atoms with Crippen molar-refractivity contribution in [3.8, 4) is 0 Å². The van der Waals surface area contributed by atoms with Crippen LogP contribution in [-0.2, 0) is 13.5 Å². The third kappa shape index (κ3) is 2.83. The molecule has 1 amide bonds. The number of rotatable bonds is 3. The first-order chi connectivity index (χ1) is 13.6. The van der Waals surface area contributed by atoms with Crippen molar-refractivity contribution in [2.45, 2.75) is 24.8 Å². The Bertz CT molecular complexity index is 1020. The molecule has 1 fully saturated rings. The second kappa shape index (κ2) is 6.78. The molecule has 3 aromatic rings. The minimum atomic E-state index is 0.0291. The van der Waals surface area contributed by atoms with Crippen LogP contribution in [-0.4, -0.2) is 41.6 Å². The highest BCUT2D eigenvalue weighted by Crippen LogP contribution is 2.44. The number of carbonyl (C=O) groups excluding carboxylic acids is 1. The minimum Gasteiger partial charge on any atom is -0.352 e. The number of likely N-dealkylation sites (tertiary alicyclic amines) is 1. The van der Waals surface area contributed by atoms with E-state index < -0.39 is 0 Å². The van der Waals surface area contributed by atoms with E-state index in [1.165, 1.54) is 22.0 Å². The zero-order chi connectivity index (χ0) is 19.3. The van der Waals surface area contributed by atoms with Gasteiger partial charge in [-0.05, 0) is 55.1 Å². The van der Waals surface area contributed by atoms with E-state index in [4.69, 9.17) is 0 Å². The van der Waals surface area contributed by atoms with Crippen LogP contribution in [0.2, 0.25) is 0 Å². The van der Waals surface area contributed by atoms with Crippen LogP contribution < -0.4 is 5.32 Å². The molecular formula is C24H27N3O. The van der Waals surface area contributed by atoms with Crippen molar-refractivity contribution >= 4 is 16.8 Å². The summed E-state index contributed by atoms with van der Waals surface area (Å²) in [4.78, 5) is 15.0. The monoisotopic (exact) mass is 373 g/mol. The van der Waals surface area contributed by atoms with E-state index in [0.717, 1.165) is 31.5 Å². The lowest BCUT2D eigenvalue weighted by Crippen LogP contribution is -2.50. The maximum Gasteiger partial charge on any atom is 0.251 e. The number of hydrogen-bond acceptors (Lipinski definition) is 2. The van der Waals surface area contributed by atoms with Gasteiger partial charge < -0.3 is 14.8 Å². The Morgan fingerprint density at radius 1 is 1.11 bits per heavy atom. The quantitative estimate of drug-likeness (QED) is 0.762. The molecular weight excluding hydrogens is 346 g/mol. The number of likely N-dealkylation sites (N-methyl/N-ethyl adjacent to an activating group) is 1. The zero-order valence-electron chi connectivity index (χ0n) is 16.6. The zero-order valence-corrected chi connectivity index (χ0v) is 16.6. The SMILES string of the molecule is CN1C[C@H](CNC(=O)c2ccccc2)C[C@@H]2c3cccc4c3c(cn4C)C[C@H]21. The summed E-state index contributed by atoms with van der Waals surface area (Å²) in [6.07, 6.45) is 4.57. The van der Waals surface area contributed by atoms with Gasteiger partial charge in [-0.3, -0.25) is 4.79 Å². The molecule has 28 heavy (non-hydrogen) atoms. The summed E-state index contributed by atoms with van der Waals surface area (Å²) in [7, 11) is 4.40. The highest BCUT2D eigenvalue weighted by molar-refractivity contribution is 5.94. The first kappa shape index (κ1) is 17.5. The highest BCUT2D eigenvalue weighted by Gasteiger charge is 2.39. The number of aromatic nitrogens is 1. The van der Waals surface area contributed by atoms with Crippen LogP contribution >= 0.6 is 0 Å². The molecule has 2 heterocycles. The highest BCUT2D eigenvalue weighted by atomic mass is 16.1.